The molecular weight excluding hydrogens is 332 g/mol. The van der Waals surface area contributed by atoms with Crippen LogP contribution in [-0.2, 0) is 10.0 Å². The van der Waals surface area contributed by atoms with Crippen LogP contribution in [-0.4, -0.2) is 37.0 Å². The van der Waals surface area contributed by atoms with Gasteiger partial charge in [-0.05, 0) is 38.5 Å². The first-order valence-electron chi connectivity index (χ1n) is 5.90. The molecule has 0 heterocycles. The van der Waals surface area contributed by atoms with Gasteiger partial charge in [-0.2, -0.15) is 4.31 Å². The summed E-state index contributed by atoms with van der Waals surface area (Å²) in [6, 6.07) is 2.96. The molecule has 0 aliphatic heterocycles. The molecule has 0 amide bonds. The molecule has 0 bridgehead atoms. The number of aliphatic hydroxyl groups excluding tert-OH is 1. The molecule has 0 aliphatic rings. The molecule has 3 N–H and O–H groups in total. The van der Waals surface area contributed by atoms with E-state index in [2.05, 4.69) is 15.9 Å². The number of hydrogen-bond acceptors (Lipinski definition) is 4. The highest BCUT2D eigenvalue weighted by atomic mass is 79.9. The Hall–Kier alpha value is -0.630. The smallest absolute Gasteiger partial charge is 0.243 e. The van der Waals surface area contributed by atoms with Gasteiger partial charge in [-0.3, -0.25) is 0 Å². The Labute approximate surface area is 122 Å². The maximum absolute atomic E-state index is 12.6. The summed E-state index contributed by atoms with van der Waals surface area (Å²) >= 11 is 3.25. The van der Waals surface area contributed by atoms with Crippen LogP contribution in [0.5, 0.6) is 0 Å². The average Bonchev–Trinajstić information content (AvgIpc) is 2.29. The molecule has 7 heteroatoms. The van der Waals surface area contributed by atoms with Gasteiger partial charge in [0.1, 0.15) is 0 Å². The van der Waals surface area contributed by atoms with Crippen LogP contribution in [0.1, 0.15) is 19.4 Å². The number of rotatable bonds is 5. The van der Waals surface area contributed by atoms with Crippen molar-refractivity contribution in [1.29, 1.82) is 0 Å². The number of nitrogens with two attached hydrogens (primary N) is 1. The van der Waals surface area contributed by atoms with E-state index in [4.69, 9.17) is 10.8 Å². The molecular formula is C12H19BrN2O3S. The lowest BCUT2D eigenvalue weighted by atomic mass is 10.2. The Kier molecular flexibility index (Phi) is 5.37. The average molecular weight is 351 g/mol. The predicted molar refractivity (Wildman–Crippen MR) is 79.4 cm³/mol. The van der Waals surface area contributed by atoms with Crippen molar-refractivity contribution in [3.05, 3.63) is 22.2 Å². The Morgan fingerprint density at radius 3 is 2.47 bits per heavy atom. The number of nitrogen functional groups attached to an aromatic ring is 1. The molecule has 0 atom stereocenters. The van der Waals surface area contributed by atoms with Gasteiger partial charge in [0, 0.05) is 22.7 Å². The minimum atomic E-state index is -3.67. The van der Waals surface area contributed by atoms with E-state index in [1.165, 1.54) is 10.4 Å². The number of anilines is 1. The molecule has 0 saturated carbocycles. The van der Waals surface area contributed by atoms with Gasteiger partial charge in [-0.1, -0.05) is 15.9 Å². The van der Waals surface area contributed by atoms with Crippen LogP contribution in [0, 0.1) is 6.92 Å². The van der Waals surface area contributed by atoms with Crippen LogP contribution in [0.4, 0.5) is 5.69 Å². The van der Waals surface area contributed by atoms with E-state index in [0.717, 1.165) is 0 Å². The summed E-state index contributed by atoms with van der Waals surface area (Å²) in [5.74, 6) is 0. The first kappa shape index (κ1) is 16.4. The second-order valence-electron chi connectivity index (χ2n) is 4.55. The normalized spacial score (nSPS) is 12.4. The van der Waals surface area contributed by atoms with E-state index in [1.54, 1.807) is 26.8 Å². The number of halogens is 1. The van der Waals surface area contributed by atoms with Crippen LogP contribution in [0.3, 0.4) is 0 Å². The van der Waals surface area contributed by atoms with Crippen LogP contribution in [0.15, 0.2) is 21.5 Å². The summed E-state index contributed by atoms with van der Waals surface area (Å²) in [7, 11) is -3.67. The molecule has 0 radical (unpaired) electrons. The van der Waals surface area contributed by atoms with Crippen molar-refractivity contribution in [1.82, 2.24) is 4.31 Å². The molecule has 0 aromatic heterocycles. The fraction of sp³-hybridized carbons (Fsp3) is 0.500. The molecule has 5 nitrogen and oxygen atoms in total. The second-order valence-corrected chi connectivity index (χ2v) is 7.33. The quantitative estimate of drug-likeness (QED) is 0.792. The van der Waals surface area contributed by atoms with Gasteiger partial charge in [-0.15, -0.1) is 0 Å². The molecule has 108 valence electrons. The molecule has 0 spiro atoms. The zero-order valence-electron chi connectivity index (χ0n) is 11.2. The van der Waals surface area contributed by atoms with Crippen LogP contribution >= 0.6 is 15.9 Å². The van der Waals surface area contributed by atoms with Gasteiger partial charge >= 0.3 is 0 Å². The number of sulfonamides is 1. The Morgan fingerprint density at radius 1 is 1.42 bits per heavy atom. The summed E-state index contributed by atoms with van der Waals surface area (Å²) in [6.45, 7) is 5.05. The fourth-order valence-corrected chi connectivity index (χ4v) is 4.36. The second kappa shape index (κ2) is 6.21. The summed E-state index contributed by atoms with van der Waals surface area (Å²) < 4.78 is 27.1. The maximum atomic E-state index is 12.6. The van der Waals surface area contributed by atoms with Gasteiger partial charge in [0.05, 0.1) is 11.5 Å². The van der Waals surface area contributed by atoms with E-state index < -0.39 is 10.0 Å². The van der Waals surface area contributed by atoms with Crippen molar-refractivity contribution in [3.8, 4) is 0 Å². The van der Waals surface area contributed by atoms with Gasteiger partial charge < -0.3 is 10.8 Å². The number of aliphatic hydroxyl groups is 1. The minimum absolute atomic E-state index is 0.0614. The highest BCUT2D eigenvalue weighted by molar-refractivity contribution is 9.10. The van der Waals surface area contributed by atoms with Gasteiger partial charge in [0.2, 0.25) is 10.0 Å². The lowest BCUT2D eigenvalue weighted by Gasteiger charge is -2.26. The number of nitrogens with zero attached hydrogens (tertiary/aromatic N) is 1. The van der Waals surface area contributed by atoms with E-state index >= 15 is 0 Å². The summed E-state index contributed by atoms with van der Waals surface area (Å²) in [5, 5.41) is 9.03. The van der Waals surface area contributed by atoms with Crippen molar-refractivity contribution >= 4 is 31.6 Å². The molecule has 1 rings (SSSR count). The monoisotopic (exact) mass is 350 g/mol. The van der Waals surface area contributed by atoms with Crippen molar-refractivity contribution in [2.45, 2.75) is 31.7 Å². The molecule has 19 heavy (non-hydrogen) atoms. The summed E-state index contributed by atoms with van der Waals surface area (Å²) in [5.41, 5.74) is 6.74. The third kappa shape index (κ3) is 3.47. The van der Waals surface area contributed by atoms with Crippen LogP contribution in [0.25, 0.3) is 0 Å². The first-order valence-corrected chi connectivity index (χ1v) is 8.13. The molecule has 0 fully saturated rings. The molecule has 1 aromatic carbocycles. The molecule has 1 aromatic rings. The predicted octanol–water partition coefficient (Wildman–Crippen LogP) is 1.73. The summed E-state index contributed by atoms with van der Waals surface area (Å²) in [4.78, 5) is 0.168. The van der Waals surface area contributed by atoms with Gasteiger partial charge in [-0.25, -0.2) is 8.42 Å². The molecule has 0 saturated heterocycles. The van der Waals surface area contributed by atoms with E-state index in [1.807, 2.05) is 0 Å². The highest BCUT2D eigenvalue weighted by Gasteiger charge is 2.28. The lowest BCUT2D eigenvalue weighted by molar-refractivity contribution is 0.236. The van der Waals surface area contributed by atoms with E-state index in [0.29, 0.717) is 15.7 Å². The SMILES string of the molecule is Cc1c(N)cc(Br)cc1S(=O)(=O)N(CCO)C(C)C. The maximum Gasteiger partial charge on any atom is 0.243 e. The van der Waals surface area contributed by atoms with Crippen LogP contribution < -0.4 is 5.73 Å². The zero-order valence-corrected chi connectivity index (χ0v) is 13.6. The number of benzene rings is 1. The standard InChI is InChI=1S/C12H19BrN2O3S/c1-8(2)15(4-5-16)19(17,18)12-7-10(13)6-11(14)9(12)3/h6-8,16H,4-5,14H2,1-3H3. The van der Waals surface area contributed by atoms with Crippen molar-refractivity contribution < 1.29 is 13.5 Å². The fourth-order valence-electron chi connectivity index (χ4n) is 1.82. The summed E-state index contributed by atoms with van der Waals surface area (Å²) in [6.07, 6.45) is 0. The third-order valence-corrected chi connectivity index (χ3v) is 5.51. The lowest BCUT2D eigenvalue weighted by Crippen LogP contribution is -2.39. The minimum Gasteiger partial charge on any atom is -0.398 e. The molecule has 0 unspecified atom stereocenters. The first-order chi connectivity index (χ1) is 8.71. The topological polar surface area (TPSA) is 83.6 Å². The Bertz CT molecular complexity index is 558. The van der Waals surface area contributed by atoms with Crippen molar-refractivity contribution in [2.24, 2.45) is 0 Å². The van der Waals surface area contributed by atoms with Gasteiger partial charge in [0.15, 0.2) is 0 Å². The van der Waals surface area contributed by atoms with Crippen LogP contribution in [0.2, 0.25) is 0 Å². The Balaban J connectivity index is 3.41. The molecule has 0 aliphatic carbocycles. The zero-order chi connectivity index (χ0) is 14.8. The van der Waals surface area contributed by atoms with Crippen molar-refractivity contribution in [2.75, 3.05) is 18.9 Å². The third-order valence-electron chi connectivity index (χ3n) is 2.85. The largest absolute Gasteiger partial charge is 0.398 e. The highest BCUT2D eigenvalue weighted by Crippen LogP contribution is 2.29. The number of hydrogen-bond donors (Lipinski definition) is 2. The van der Waals surface area contributed by atoms with E-state index in [-0.39, 0.29) is 24.1 Å². The Morgan fingerprint density at radius 2 is 2.00 bits per heavy atom. The van der Waals surface area contributed by atoms with Gasteiger partial charge in [0.25, 0.3) is 0 Å². The van der Waals surface area contributed by atoms with E-state index in [9.17, 15) is 8.42 Å². The van der Waals surface area contributed by atoms with Crippen molar-refractivity contribution in [3.63, 3.8) is 0 Å².